The third-order valence-corrected chi connectivity index (χ3v) is 3.10. The van der Waals surface area contributed by atoms with E-state index in [0.29, 0.717) is 6.04 Å². The molecule has 102 valence electrons. The summed E-state index contributed by atoms with van der Waals surface area (Å²) in [6.45, 7) is 5.47. The molecule has 1 aromatic heterocycles. The number of rotatable bonds is 7. The maximum absolute atomic E-state index is 4.41. The summed E-state index contributed by atoms with van der Waals surface area (Å²) in [5.74, 6) is 0. The van der Waals surface area contributed by atoms with Gasteiger partial charge in [0.05, 0.1) is 11.9 Å². The second-order valence-corrected chi connectivity index (χ2v) is 5.19. The largest absolute Gasteiger partial charge is 0.315 e. The molecule has 3 heteroatoms. The van der Waals surface area contributed by atoms with E-state index in [9.17, 15) is 0 Å². The first-order valence-electron chi connectivity index (χ1n) is 7.08. The van der Waals surface area contributed by atoms with Crippen LogP contribution >= 0.6 is 0 Å². The van der Waals surface area contributed by atoms with Gasteiger partial charge in [0.15, 0.2) is 0 Å². The quantitative estimate of drug-likeness (QED) is 0.772. The van der Waals surface area contributed by atoms with Crippen LogP contribution in [-0.4, -0.2) is 22.4 Å². The molecular formula is C16H23N3. The first-order chi connectivity index (χ1) is 9.25. The molecule has 1 aromatic carbocycles. The molecular weight excluding hydrogens is 234 g/mol. The van der Waals surface area contributed by atoms with Crippen molar-refractivity contribution in [2.75, 3.05) is 6.54 Å². The van der Waals surface area contributed by atoms with Gasteiger partial charge >= 0.3 is 0 Å². The van der Waals surface area contributed by atoms with Crippen molar-refractivity contribution >= 4 is 0 Å². The SMILES string of the molecule is CC(C)NCCCCc1cnn(-c2ccccc2)c1. The van der Waals surface area contributed by atoms with Gasteiger partial charge in [0, 0.05) is 12.2 Å². The summed E-state index contributed by atoms with van der Waals surface area (Å²) in [6, 6.07) is 10.8. The highest BCUT2D eigenvalue weighted by Gasteiger charge is 2.00. The number of aromatic nitrogens is 2. The number of benzene rings is 1. The maximum Gasteiger partial charge on any atom is 0.0645 e. The number of unbranched alkanes of at least 4 members (excludes halogenated alkanes) is 1. The zero-order chi connectivity index (χ0) is 13.5. The van der Waals surface area contributed by atoms with Crippen molar-refractivity contribution in [3.8, 4) is 5.69 Å². The van der Waals surface area contributed by atoms with Crippen LogP contribution in [0.4, 0.5) is 0 Å². The van der Waals surface area contributed by atoms with Gasteiger partial charge in [-0.25, -0.2) is 4.68 Å². The lowest BCUT2D eigenvalue weighted by atomic mass is 10.1. The maximum atomic E-state index is 4.41. The Bertz CT molecular complexity index is 474. The predicted octanol–water partition coefficient (Wildman–Crippen LogP) is 3.19. The van der Waals surface area contributed by atoms with Crippen molar-refractivity contribution in [2.45, 2.75) is 39.2 Å². The fourth-order valence-electron chi connectivity index (χ4n) is 2.06. The van der Waals surface area contributed by atoms with Crippen LogP contribution in [0.5, 0.6) is 0 Å². The minimum Gasteiger partial charge on any atom is -0.315 e. The van der Waals surface area contributed by atoms with Crippen LogP contribution in [0.2, 0.25) is 0 Å². The lowest BCUT2D eigenvalue weighted by molar-refractivity contribution is 0.557. The number of para-hydroxylation sites is 1. The molecule has 0 radical (unpaired) electrons. The van der Waals surface area contributed by atoms with E-state index in [1.54, 1.807) is 0 Å². The Balaban J connectivity index is 1.78. The Morgan fingerprint density at radius 1 is 1.16 bits per heavy atom. The zero-order valence-electron chi connectivity index (χ0n) is 11.8. The van der Waals surface area contributed by atoms with Gasteiger partial charge in [-0.1, -0.05) is 32.0 Å². The molecule has 0 amide bonds. The minimum absolute atomic E-state index is 0.584. The molecule has 0 aliphatic carbocycles. The minimum atomic E-state index is 0.584. The van der Waals surface area contributed by atoms with Gasteiger partial charge in [-0.3, -0.25) is 0 Å². The molecule has 2 rings (SSSR count). The van der Waals surface area contributed by atoms with Gasteiger partial charge in [-0.05, 0) is 43.5 Å². The van der Waals surface area contributed by atoms with Crippen molar-refractivity contribution in [3.05, 3.63) is 48.3 Å². The lowest BCUT2D eigenvalue weighted by Crippen LogP contribution is -2.23. The molecule has 0 bridgehead atoms. The molecule has 1 N–H and O–H groups in total. The van der Waals surface area contributed by atoms with E-state index in [-0.39, 0.29) is 0 Å². The van der Waals surface area contributed by atoms with Crippen LogP contribution in [0.25, 0.3) is 5.69 Å². The van der Waals surface area contributed by atoms with Crippen molar-refractivity contribution < 1.29 is 0 Å². The molecule has 0 spiro atoms. The standard InChI is InChI=1S/C16H23N3/c1-14(2)17-11-7-6-8-15-12-18-19(13-15)16-9-4-3-5-10-16/h3-5,9-10,12-14,17H,6-8,11H2,1-2H3. The smallest absolute Gasteiger partial charge is 0.0645 e. The monoisotopic (exact) mass is 257 g/mol. The highest BCUT2D eigenvalue weighted by atomic mass is 15.3. The van der Waals surface area contributed by atoms with Crippen LogP contribution in [-0.2, 0) is 6.42 Å². The number of nitrogens with one attached hydrogen (secondary N) is 1. The molecule has 0 saturated carbocycles. The Morgan fingerprint density at radius 2 is 1.95 bits per heavy atom. The van der Waals surface area contributed by atoms with E-state index in [4.69, 9.17) is 0 Å². The van der Waals surface area contributed by atoms with Crippen molar-refractivity contribution in [3.63, 3.8) is 0 Å². The molecule has 3 nitrogen and oxygen atoms in total. The Labute approximate surface area is 115 Å². The highest BCUT2D eigenvalue weighted by Crippen LogP contribution is 2.09. The summed E-state index contributed by atoms with van der Waals surface area (Å²) in [7, 11) is 0. The van der Waals surface area contributed by atoms with Crippen molar-refractivity contribution in [2.24, 2.45) is 0 Å². The van der Waals surface area contributed by atoms with Gasteiger partial charge < -0.3 is 5.32 Å². The van der Waals surface area contributed by atoms with Crippen LogP contribution in [0.15, 0.2) is 42.7 Å². The molecule has 19 heavy (non-hydrogen) atoms. The first kappa shape index (κ1) is 13.8. The van der Waals surface area contributed by atoms with E-state index in [0.717, 1.165) is 18.7 Å². The number of aryl methyl sites for hydroxylation is 1. The summed E-state index contributed by atoms with van der Waals surface area (Å²) < 4.78 is 1.95. The third-order valence-electron chi connectivity index (χ3n) is 3.10. The van der Waals surface area contributed by atoms with Gasteiger partial charge in [-0.15, -0.1) is 0 Å². The van der Waals surface area contributed by atoms with Gasteiger partial charge in [0.2, 0.25) is 0 Å². The number of hydrogen-bond donors (Lipinski definition) is 1. The van der Waals surface area contributed by atoms with Crippen molar-refractivity contribution in [1.29, 1.82) is 0 Å². The number of hydrogen-bond acceptors (Lipinski definition) is 2. The van der Waals surface area contributed by atoms with Gasteiger partial charge in [0.1, 0.15) is 0 Å². The molecule has 1 heterocycles. The second kappa shape index (κ2) is 7.10. The Kier molecular flexibility index (Phi) is 5.16. The van der Waals surface area contributed by atoms with Gasteiger partial charge in [-0.2, -0.15) is 5.10 Å². The first-order valence-corrected chi connectivity index (χ1v) is 7.08. The van der Waals surface area contributed by atoms with Crippen LogP contribution < -0.4 is 5.32 Å². The van der Waals surface area contributed by atoms with E-state index < -0.39 is 0 Å². The van der Waals surface area contributed by atoms with E-state index >= 15 is 0 Å². The number of nitrogens with zero attached hydrogens (tertiary/aromatic N) is 2. The van der Waals surface area contributed by atoms with Crippen LogP contribution in [0.3, 0.4) is 0 Å². The molecule has 0 unspecified atom stereocenters. The van der Waals surface area contributed by atoms with E-state index in [2.05, 4.69) is 42.6 Å². The molecule has 0 aliphatic rings. The summed E-state index contributed by atoms with van der Waals surface area (Å²) in [5, 5.41) is 7.86. The molecule has 0 fully saturated rings. The Morgan fingerprint density at radius 3 is 2.68 bits per heavy atom. The van der Waals surface area contributed by atoms with E-state index in [1.807, 2.05) is 29.1 Å². The van der Waals surface area contributed by atoms with Crippen molar-refractivity contribution in [1.82, 2.24) is 15.1 Å². The summed E-state index contributed by atoms with van der Waals surface area (Å²) in [5.41, 5.74) is 2.43. The molecule has 0 saturated heterocycles. The second-order valence-electron chi connectivity index (χ2n) is 5.19. The normalized spacial score (nSPS) is 11.1. The molecule has 0 aliphatic heterocycles. The topological polar surface area (TPSA) is 29.9 Å². The van der Waals surface area contributed by atoms with Crippen LogP contribution in [0, 0.1) is 0 Å². The molecule has 0 atom stereocenters. The lowest BCUT2D eigenvalue weighted by Gasteiger charge is -2.06. The van der Waals surface area contributed by atoms with E-state index in [1.165, 1.54) is 18.4 Å². The summed E-state index contributed by atoms with van der Waals surface area (Å²) in [6.07, 6.45) is 7.63. The summed E-state index contributed by atoms with van der Waals surface area (Å²) >= 11 is 0. The highest BCUT2D eigenvalue weighted by molar-refractivity contribution is 5.30. The van der Waals surface area contributed by atoms with Gasteiger partial charge in [0.25, 0.3) is 0 Å². The fourth-order valence-corrected chi connectivity index (χ4v) is 2.06. The fraction of sp³-hybridized carbons (Fsp3) is 0.438. The molecule has 2 aromatic rings. The Hall–Kier alpha value is -1.61. The predicted molar refractivity (Wildman–Crippen MR) is 79.6 cm³/mol. The zero-order valence-corrected chi connectivity index (χ0v) is 11.8. The van der Waals surface area contributed by atoms with Crippen LogP contribution in [0.1, 0.15) is 32.3 Å². The summed E-state index contributed by atoms with van der Waals surface area (Å²) in [4.78, 5) is 0. The average molecular weight is 257 g/mol. The average Bonchev–Trinajstić information content (AvgIpc) is 2.88. The third kappa shape index (κ3) is 4.52.